The van der Waals surface area contributed by atoms with Crippen LogP contribution in [0.25, 0.3) is 0 Å². The molecule has 0 aromatic heterocycles. The van der Waals surface area contributed by atoms with Crippen molar-refractivity contribution in [2.24, 2.45) is 4.99 Å². The maximum Gasteiger partial charge on any atom is 0.191 e. The predicted molar refractivity (Wildman–Crippen MR) is 106 cm³/mol. The number of aryl methyl sites for hydroxylation is 1. The van der Waals surface area contributed by atoms with E-state index in [1.54, 1.807) is 0 Å². The Morgan fingerprint density at radius 2 is 1.64 bits per heavy atom. The van der Waals surface area contributed by atoms with E-state index in [4.69, 9.17) is 0 Å². The van der Waals surface area contributed by atoms with Crippen molar-refractivity contribution in [2.45, 2.75) is 31.7 Å². The smallest absolute Gasteiger partial charge is 0.191 e. The molecule has 0 aliphatic rings. The third kappa shape index (κ3) is 6.35. The van der Waals surface area contributed by atoms with Crippen LogP contribution in [0.4, 0.5) is 0 Å². The van der Waals surface area contributed by atoms with Crippen LogP contribution in [0.2, 0.25) is 0 Å². The second-order valence-electron chi connectivity index (χ2n) is 5.61. The van der Waals surface area contributed by atoms with Crippen LogP contribution in [0, 0.1) is 0 Å². The van der Waals surface area contributed by atoms with Gasteiger partial charge in [-0.3, -0.25) is 4.21 Å². The van der Waals surface area contributed by atoms with Gasteiger partial charge in [0.1, 0.15) is 0 Å². The van der Waals surface area contributed by atoms with Crippen LogP contribution < -0.4 is 10.6 Å². The SMILES string of the molecule is CCNC(=NCc1ccccc1CC)NCCS(=O)c1ccccc1. The van der Waals surface area contributed by atoms with Crippen LogP contribution in [-0.4, -0.2) is 29.0 Å². The van der Waals surface area contributed by atoms with Gasteiger partial charge in [0.15, 0.2) is 5.96 Å². The lowest BCUT2D eigenvalue weighted by Crippen LogP contribution is -2.39. The number of aliphatic imine (C=N–C) groups is 1. The lowest BCUT2D eigenvalue weighted by molar-refractivity contribution is 0.681. The highest BCUT2D eigenvalue weighted by Crippen LogP contribution is 2.10. The summed E-state index contributed by atoms with van der Waals surface area (Å²) in [4.78, 5) is 5.52. The minimum atomic E-state index is -0.994. The van der Waals surface area contributed by atoms with E-state index in [-0.39, 0.29) is 0 Å². The highest BCUT2D eigenvalue weighted by molar-refractivity contribution is 7.85. The molecule has 2 aromatic carbocycles. The van der Waals surface area contributed by atoms with Crippen LogP contribution in [0.1, 0.15) is 25.0 Å². The fourth-order valence-corrected chi connectivity index (χ4v) is 3.50. The van der Waals surface area contributed by atoms with Gasteiger partial charge < -0.3 is 10.6 Å². The number of nitrogens with zero attached hydrogens (tertiary/aromatic N) is 1. The fraction of sp³-hybridized carbons (Fsp3) is 0.350. The van der Waals surface area contributed by atoms with Crippen LogP contribution in [0.5, 0.6) is 0 Å². The molecule has 0 radical (unpaired) electrons. The van der Waals surface area contributed by atoms with Gasteiger partial charge in [0.05, 0.1) is 17.3 Å². The van der Waals surface area contributed by atoms with Gasteiger partial charge in [-0.25, -0.2) is 4.99 Å². The highest BCUT2D eigenvalue weighted by atomic mass is 32.2. The van der Waals surface area contributed by atoms with Crippen molar-refractivity contribution in [3.05, 3.63) is 65.7 Å². The largest absolute Gasteiger partial charge is 0.357 e. The van der Waals surface area contributed by atoms with Crippen molar-refractivity contribution in [3.63, 3.8) is 0 Å². The third-order valence-corrected chi connectivity index (χ3v) is 5.21. The van der Waals surface area contributed by atoms with Gasteiger partial charge in [-0.1, -0.05) is 49.4 Å². The first-order chi connectivity index (χ1) is 12.2. The summed E-state index contributed by atoms with van der Waals surface area (Å²) in [5, 5.41) is 6.52. The molecular weight excluding hydrogens is 330 g/mol. The highest BCUT2D eigenvalue weighted by Gasteiger charge is 2.04. The fourth-order valence-electron chi connectivity index (χ4n) is 2.51. The maximum absolute atomic E-state index is 12.3. The zero-order valence-corrected chi connectivity index (χ0v) is 15.8. The average molecular weight is 358 g/mol. The molecule has 0 fully saturated rings. The van der Waals surface area contributed by atoms with E-state index in [0.29, 0.717) is 18.8 Å². The standard InChI is InChI=1S/C20H27N3OS/c1-3-17-10-8-9-11-18(17)16-23-20(21-4-2)22-14-15-25(24)19-12-6-5-7-13-19/h5-13H,3-4,14-16H2,1-2H3,(H2,21,22,23). The van der Waals surface area contributed by atoms with E-state index in [1.807, 2.05) is 43.3 Å². The van der Waals surface area contributed by atoms with Crippen molar-refractivity contribution >= 4 is 16.8 Å². The van der Waals surface area contributed by atoms with Crippen molar-refractivity contribution in [2.75, 3.05) is 18.8 Å². The van der Waals surface area contributed by atoms with E-state index in [1.165, 1.54) is 11.1 Å². The predicted octanol–water partition coefficient (Wildman–Crippen LogP) is 3.11. The van der Waals surface area contributed by atoms with Gasteiger partial charge in [0, 0.05) is 23.7 Å². The molecule has 0 heterocycles. The molecule has 1 atom stereocenters. The summed E-state index contributed by atoms with van der Waals surface area (Å²) in [7, 11) is -0.994. The zero-order chi connectivity index (χ0) is 17.9. The molecule has 2 N–H and O–H groups in total. The van der Waals surface area contributed by atoms with Crippen LogP contribution in [0.15, 0.2) is 64.5 Å². The zero-order valence-electron chi connectivity index (χ0n) is 15.0. The number of rotatable bonds is 8. The van der Waals surface area contributed by atoms with Gasteiger partial charge in [-0.05, 0) is 36.6 Å². The lowest BCUT2D eigenvalue weighted by Gasteiger charge is -2.12. The molecule has 134 valence electrons. The number of hydrogen-bond donors (Lipinski definition) is 2. The number of hydrogen-bond acceptors (Lipinski definition) is 2. The normalized spacial score (nSPS) is 12.6. The summed E-state index contributed by atoms with van der Waals surface area (Å²) in [6.07, 6.45) is 1.01. The van der Waals surface area contributed by atoms with Crippen LogP contribution in [0.3, 0.4) is 0 Å². The summed E-state index contributed by atoms with van der Waals surface area (Å²) in [5.41, 5.74) is 2.57. The third-order valence-electron chi connectivity index (χ3n) is 3.84. The molecule has 1 unspecified atom stereocenters. The van der Waals surface area contributed by atoms with Crippen molar-refractivity contribution in [3.8, 4) is 0 Å². The van der Waals surface area contributed by atoms with Gasteiger partial charge >= 0.3 is 0 Å². The van der Waals surface area contributed by atoms with Gasteiger partial charge in [-0.2, -0.15) is 0 Å². The maximum atomic E-state index is 12.3. The molecule has 5 heteroatoms. The van der Waals surface area contributed by atoms with Gasteiger partial charge in [0.25, 0.3) is 0 Å². The number of benzene rings is 2. The minimum absolute atomic E-state index is 0.556. The summed E-state index contributed by atoms with van der Waals surface area (Å²) >= 11 is 0. The Kier molecular flexibility index (Phi) is 8.19. The van der Waals surface area contributed by atoms with Crippen LogP contribution >= 0.6 is 0 Å². The molecule has 2 aromatic rings. The van der Waals surface area contributed by atoms with E-state index in [9.17, 15) is 4.21 Å². The first-order valence-electron chi connectivity index (χ1n) is 8.77. The summed E-state index contributed by atoms with van der Waals surface area (Å²) < 4.78 is 12.3. The molecule has 0 bridgehead atoms. The molecule has 0 saturated carbocycles. The Hall–Kier alpha value is -2.14. The molecule has 0 aliphatic carbocycles. The van der Waals surface area contributed by atoms with Crippen molar-refractivity contribution in [1.29, 1.82) is 0 Å². The van der Waals surface area contributed by atoms with Crippen molar-refractivity contribution < 1.29 is 4.21 Å². The number of nitrogens with one attached hydrogen (secondary N) is 2. The second kappa shape index (κ2) is 10.7. The Morgan fingerprint density at radius 3 is 2.32 bits per heavy atom. The average Bonchev–Trinajstić information content (AvgIpc) is 2.66. The Bertz CT molecular complexity index is 701. The first-order valence-corrected chi connectivity index (χ1v) is 10.1. The Labute approximate surface area is 153 Å². The summed E-state index contributed by atoms with van der Waals surface area (Å²) in [6.45, 7) is 6.25. The molecule has 0 amide bonds. The van der Waals surface area contributed by atoms with Crippen LogP contribution in [-0.2, 0) is 23.8 Å². The molecule has 25 heavy (non-hydrogen) atoms. The van der Waals surface area contributed by atoms with E-state index >= 15 is 0 Å². The Balaban J connectivity index is 1.90. The molecular formula is C20H27N3OS. The summed E-state index contributed by atoms with van der Waals surface area (Å²) in [6, 6.07) is 17.9. The van der Waals surface area contributed by atoms with E-state index < -0.39 is 10.8 Å². The number of guanidine groups is 1. The van der Waals surface area contributed by atoms with Gasteiger partial charge in [0.2, 0.25) is 0 Å². The molecule has 2 rings (SSSR count). The molecule has 0 aliphatic heterocycles. The molecule has 0 spiro atoms. The van der Waals surface area contributed by atoms with Crippen molar-refractivity contribution in [1.82, 2.24) is 10.6 Å². The monoisotopic (exact) mass is 357 g/mol. The topological polar surface area (TPSA) is 53.5 Å². The van der Waals surface area contributed by atoms with E-state index in [0.717, 1.165) is 23.8 Å². The Morgan fingerprint density at radius 1 is 0.960 bits per heavy atom. The first kappa shape index (κ1) is 19.2. The minimum Gasteiger partial charge on any atom is -0.357 e. The quantitative estimate of drug-likeness (QED) is 0.564. The molecule has 4 nitrogen and oxygen atoms in total. The lowest BCUT2D eigenvalue weighted by atomic mass is 10.1. The second-order valence-corrected chi connectivity index (χ2v) is 7.18. The van der Waals surface area contributed by atoms with E-state index in [2.05, 4.69) is 40.7 Å². The van der Waals surface area contributed by atoms with Gasteiger partial charge in [-0.15, -0.1) is 0 Å². The molecule has 0 saturated heterocycles. The summed E-state index contributed by atoms with van der Waals surface area (Å²) in [5.74, 6) is 1.32.